The summed E-state index contributed by atoms with van der Waals surface area (Å²) < 4.78 is 7.14. The van der Waals surface area contributed by atoms with Gasteiger partial charge < -0.3 is 14.6 Å². The van der Waals surface area contributed by atoms with Crippen LogP contribution in [0.1, 0.15) is 5.56 Å². The van der Waals surface area contributed by atoms with E-state index < -0.39 is 0 Å². The Bertz CT molecular complexity index is 554. The molecule has 1 aromatic heterocycles. The lowest BCUT2D eigenvalue weighted by Gasteiger charge is -2.07. The zero-order valence-corrected chi connectivity index (χ0v) is 10.5. The Labute approximate surface area is 107 Å². The summed E-state index contributed by atoms with van der Waals surface area (Å²) in [5, 5.41) is 13.4. The van der Waals surface area contributed by atoms with Crippen LogP contribution in [0.2, 0.25) is 0 Å². The van der Waals surface area contributed by atoms with Gasteiger partial charge in [-0.05, 0) is 23.6 Å². The van der Waals surface area contributed by atoms with E-state index in [4.69, 9.17) is 10.00 Å². The second-order valence-corrected chi connectivity index (χ2v) is 4.14. The number of nitrogens with one attached hydrogen (secondary N) is 1. The van der Waals surface area contributed by atoms with Gasteiger partial charge in [0.25, 0.3) is 0 Å². The van der Waals surface area contributed by atoms with E-state index in [-0.39, 0.29) is 0 Å². The number of methoxy groups -OCH3 is 1. The average Bonchev–Trinajstić information content (AvgIpc) is 2.81. The molecule has 1 heterocycles. The van der Waals surface area contributed by atoms with Crippen LogP contribution in [0.25, 0.3) is 10.9 Å². The third kappa shape index (κ3) is 2.89. The Kier molecular flexibility index (Phi) is 4.35. The summed E-state index contributed by atoms with van der Waals surface area (Å²) in [5.74, 6) is 0. The lowest BCUT2D eigenvalue weighted by molar-refractivity contribution is 0.199. The quantitative estimate of drug-likeness (QED) is 0.786. The molecule has 94 valence electrons. The zero-order chi connectivity index (χ0) is 12.8. The van der Waals surface area contributed by atoms with Gasteiger partial charge in [0, 0.05) is 38.5 Å². The third-order valence-corrected chi connectivity index (χ3v) is 2.92. The summed E-state index contributed by atoms with van der Waals surface area (Å²) in [5.41, 5.74) is 1.82. The van der Waals surface area contributed by atoms with Crippen LogP contribution >= 0.6 is 0 Å². The standard InChI is InChI=1S/C14H17N3O/c1-18-9-6-16-5-8-17-7-4-13-3-2-12(11-15)10-14(13)17/h2-4,7,10,16H,5-6,8-9H2,1H3. The normalized spacial score (nSPS) is 10.7. The maximum atomic E-state index is 8.91. The SMILES string of the molecule is COCCNCCn1ccc2ccc(C#N)cc21. The van der Waals surface area contributed by atoms with Crippen LogP contribution in [0.5, 0.6) is 0 Å². The maximum Gasteiger partial charge on any atom is 0.0992 e. The van der Waals surface area contributed by atoms with E-state index in [1.807, 2.05) is 18.2 Å². The van der Waals surface area contributed by atoms with E-state index in [0.29, 0.717) is 5.56 Å². The van der Waals surface area contributed by atoms with Crippen LogP contribution in [0, 0.1) is 11.3 Å². The summed E-state index contributed by atoms with van der Waals surface area (Å²) in [4.78, 5) is 0. The number of hydrogen-bond acceptors (Lipinski definition) is 3. The minimum Gasteiger partial charge on any atom is -0.383 e. The van der Waals surface area contributed by atoms with E-state index in [1.165, 1.54) is 5.39 Å². The number of benzene rings is 1. The van der Waals surface area contributed by atoms with Gasteiger partial charge in [-0.15, -0.1) is 0 Å². The second-order valence-electron chi connectivity index (χ2n) is 4.14. The molecular weight excluding hydrogens is 226 g/mol. The minimum atomic E-state index is 0.704. The van der Waals surface area contributed by atoms with Crippen LogP contribution in [-0.4, -0.2) is 31.4 Å². The highest BCUT2D eigenvalue weighted by Gasteiger charge is 2.01. The molecule has 0 aliphatic carbocycles. The van der Waals surface area contributed by atoms with Crippen LogP contribution in [0.3, 0.4) is 0 Å². The monoisotopic (exact) mass is 243 g/mol. The first-order valence-electron chi connectivity index (χ1n) is 6.04. The van der Waals surface area contributed by atoms with Gasteiger partial charge in [0.1, 0.15) is 0 Å². The van der Waals surface area contributed by atoms with Gasteiger partial charge >= 0.3 is 0 Å². The van der Waals surface area contributed by atoms with E-state index in [2.05, 4.69) is 28.2 Å². The molecule has 0 saturated heterocycles. The highest BCUT2D eigenvalue weighted by molar-refractivity contribution is 5.81. The predicted molar refractivity (Wildman–Crippen MR) is 71.4 cm³/mol. The molecule has 2 rings (SSSR count). The van der Waals surface area contributed by atoms with Gasteiger partial charge in [0.2, 0.25) is 0 Å². The first-order chi connectivity index (χ1) is 8.85. The molecule has 0 radical (unpaired) electrons. The third-order valence-electron chi connectivity index (χ3n) is 2.92. The molecule has 2 aromatic rings. The fourth-order valence-corrected chi connectivity index (χ4v) is 1.95. The highest BCUT2D eigenvalue weighted by atomic mass is 16.5. The van der Waals surface area contributed by atoms with Crippen molar-refractivity contribution in [3.63, 3.8) is 0 Å². The predicted octanol–water partition coefficient (Wildman–Crippen LogP) is 1.75. The van der Waals surface area contributed by atoms with Crippen LogP contribution in [-0.2, 0) is 11.3 Å². The molecule has 0 unspecified atom stereocenters. The van der Waals surface area contributed by atoms with E-state index in [9.17, 15) is 0 Å². The van der Waals surface area contributed by atoms with Crippen molar-refractivity contribution in [2.75, 3.05) is 26.8 Å². The molecule has 0 aliphatic heterocycles. The van der Waals surface area contributed by atoms with Crippen molar-refractivity contribution < 1.29 is 4.74 Å². The molecule has 0 aliphatic rings. The number of nitrogens with zero attached hydrogens (tertiary/aromatic N) is 2. The van der Waals surface area contributed by atoms with Gasteiger partial charge in [-0.2, -0.15) is 5.26 Å². The van der Waals surface area contributed by atoms with Gasteiger partial charge in [-0.1, -0.05) is 6.07 Å². The molecule has 1 N–H and O–H groups in total. The Morgan fingerprint density at radius 2 is 2.22 bits per heavy atom. The molecule has 0 spiro atoms. The summed E-state index contributed by atoms with van der Waals surface area (Å²) in [6, 6.07) is 10.0. The van der Waals surface area contributed by atoms with E-state index in [1.54, 1.807) is 7.11 Å². The largest absolute Gasteiger partial charge is 0.383 e. The van der Waals surface area contributed by atoms with E-state index in [0.717, 1.165) is 31.8 Å². The molecule has 0 bridgehead atoms. The van der Waals surface area contributed by atoms with Crippen LogP contribution < -0.4 is 5.32 Å². The topological polar surface area (TPSA) is 50.0 Å². The maximum absolute atomic E-state index is 8.91. The molecular formula is C14H17N3O. The molecule has 0 amide bonds. The van der Waals surface area contributed by atoms with Gasteiger partial charge in [0.15, 0.2) is 0 Å². The molecule has 0 saturated carbocycles. The molecule has 4 heteroatoms. The summed E-state index contributed by atoms with van der Waals surface area (Å²) in [6.07, 6.45) is 2.06. The van der Waals surface area contributed by atoms with Gasteiger partial charge in [-0.3, -0.25) is 0 Å². The van der Waals surface area contributed by atoms with Crippen LogP contribution in [0.15, 0.2) is 30.5 Å². The fourth-order valence-electron chi connectivity index (χ4n) is 1.95. The minimum absolute atomic E-state index is 0.704. The number of fused-ring (bicyclic) bond motifs is 1. The van der Waals surface area contributed by atoms with E-state index >= 15 is 0 Å². The lowest BCUT2D eigenvalue weighted by Crippen LogP contribution is -2.23. The molecule has 0 fully saturated rings. The molecule has 4 nitrogen and oxygen atoms in total. The second kappa shape index (κ2) is 6.20. The van der Waals surface area contributed by atoms with Crippen LogP contribution in [0.4, 0.5) is 0 Å². The fraction of sp³-hybridized carbons (Fsp3) is 0.357. The van der Waals surface area contributed by atoms with Crippen molar-refractivity contribution in [3.05, 3.63) is 36.0 Å². The Balaban J connectivity index is 2.02. The average molecular weight is 243 g/mol. The first-order valence-corrected chi connectivity index (χ1v) is 6.04. The number of aromatic nitrogens is 1. The van der Waals surface area contributed by atoms with Gasteiger partial charge in [0.05, 0.1) is 18.2 Å². The zero-order valence-electron chi connectivity index (χ0n) is 10.5. The number of rotatable bonds is 6. The first kappa shape index (κ1) is 12.6. The molecule has 1 aromatic carbocycles. The smallest absolute Gasteiger partial charge is 0.0992 e. The number of nitriles is 1. The summed E-state index contributed by atoms with van der Waals surface area (Å²) in [7, 11) is 1.70. The van der Waals surface area contributed by atoms with Crippen molar-refractivity contribution in [1.29, 1.82) is 5.26 Å². The highest BCUT2D eigenvalue weighted by Crippen LogP contribution is 2.17. The number of hydrogen-bond donors (Lipinski definition) is 1. The summed E-state index contributed by atoms with van der Waals surface area (Å²) >= 11 is 0. The molecule has 18 heavy (non-hydrogen) atoms. The van der Waals surface area contributed by atoms with Gasteiger partial charge in [-0.25, -0.2) is 0 Å². The van der Waals surface area contributed by atoms with Crippen molar-refractivity contribution >= 4 is 10.9 Å². The van der Waals surface area contributed by atoms with Crippen molar-refractivity contribution in [2.45, 2.75) is 6.54 Å². The lowest BCUT2D eigenvalue weighted by atomic mass is 10.2. The Morgan fingerprint density at radius 3 is 3.00 bits per heavy atom. The summed E-state index contributed by atoms with van der Waals surface area (Å²) in [6.45, 7) is 3.37. The van der Waals surface area contributed by atoms with Crippen molar-refractivity contribution in [3.8, 4) is 6.07 Å². The van der Waals surface area contributed by atoms with Crippen molar-refractivity contribution in [2.24, 2.45) is 0 Å². The Morgan fingerprint density at radius 1 is 1.33 bits per heavy atom. The Hall–Kier alpha value is -1.83. The number of ether oxygens (including phenoxy) is 1. The molecule has 0 atom stereocenters. The van der Waals surface area contributed by atoms with Crippen molar-refractivity contribution in [1.82, 2.24) is 9.88 Å².